The molecule has 2 aromatic rings. The maximum Gasteiger partial charge on any atom is 0.241 e. The molecule has 1 aromatic carbocycles. The maximum atomic E-state index is 13.1. The van der Waals surface area contributed by atoms with Gasteiger partial charge >= 0.3 is 0 Å². The largest absolute Gasteiger partial charge is 0.354 e. The van der Waals surface area contributed by atoms with Gasteiger partial charge in [-0.25, -0.2) is 0 Å². The fourth-order valence-electron chi connectivity index (χ4n) is 4.45. The van der Waals surface area contributed by atoms with Gasteiger partial charge in [-0.3, -0.25) is 9.69 Å². The van der Waals surface area contributed by atoms with Crippen LogP contribution in [0.4, 0.5) is 0 Å². The Bertz CT molecular complexity index is 784. The number of carbonyl (C=O) groups excluding carboxylic acids is 1. The second-order valence-electron chi connectivity index (χ2n) is 7.84. The Balaban J connectivity index is 1.59. The summed E-state index contributed by atoms with van der Waals surface area (Å²) in [6.45, 7) is 6.53. The topological polar surface area (TPSA) is 63.1 Å². The van der Waals surface area contributed by atoms with Gasteiger partial charge in [0.05, 0.1) is 0 Å². The zero-order chi connectivity index (χ0) is 21.3. The van der Waals surface area contributed by atoms with Crippen molar-refractivity contribution in [3.05, 3.63) is 41.7 Å². The Morgan fingerprint density at radius 1 is 1.20 bits per heavy atom. The number of aromatic nitrogens is 3. The van der Waals surface area contributed by atoms with Crippen LogP contribution in [0.25, 0.3) is 0 Å². The van der Waals surface area contributed by atoms with Crippen molar-refractivity contribution in [2.75, 3.05) is 25.9 Å². The molecular weight excluding hydrogens is 394 g/mol. The highest BCUT2D eigenvalue weighted by Gasteiger charge is 2.26. The molecule has 1 N–H and O–H groups in total. The fourth-order valence-corrected chi connectivity index (χ4v) is 5.03. The van der Waals surface area contributed by atoms with E-state index in [1.54, 1.807) is 11.8 Å². The summed E-state index contributed by atoms with van der Waals surface area (Å²) >= 11 is 1.67. The molecule has 164 valence electrons. The molecular formula is C23H35N5OS. The van der Waals surface area contributed by atoms with E-state index in [0.29, 0.717) is 12.6 Å². The lowest BCUT2D eigenvalue weighted by molar-refractivity contribution is -0.126. The molecule has 0 spiro atoms. The van der Waals surface area contributed by atoms with Crippen LogP contribution in [-0.4, -0.2) is 51.5 Å². The van der Waals surface area contributed by atoms with Crippen LogP contribution in [0.1, 0.15) is 69.4 Å². The van der Waals surface area contributed by atoms with Gasteiger partial charge in [-0.1, -0.05) is 68.8 Å². The number of likely N-dealkylation sites (N-methyl/N-ethyl adjacent to an activating group) is 1. The van der Waals surface area contributed by atoms with Gasteiger partial charge in [-0.15, -0.1) is 10.2 Å². The van der Waals surface area contributed by atoms with Crippen LogP contribution in [0.3, 0.4) is 0 Å². The van der Waals surface area contributed by atoms with Crippen molar-refractivity contribution in [2.45, 2.75) is 69.6 Å². The molecule has 0 saturated heterocycles. The van der Waals surface area contributed by atoms with Gasteiger partial charge in [-0.2, -0.15) is 0 Å². The highest BCUT2D eigenvalue weighted by Crippen LogP contribution is 2.33. The van der Waals surface area contributed by atoms with E-state index < -0.39 is 0 Å². The number of thioether (sulfide) groups is 1. The first-order valence-corrected chi connectivity index (χ1v) is 12.5. The van der Waals surface area contributed by atoms with E-state index in [-0.39, 0.29) is 11.9 Å². The first-order valence-electron chi connectivity index (χ1n) is 11.2. The fraction of sp³-hybridized carbons (Fsp3) is 0.609. The number of nitrogens with one attached hydrogen (secondary N) is 1. The standard InChI is InChI=1S/C23H35N5OS/c1-4-27(5-2)21(18-12-7-6-8-13-18)22(29)24-17-11-16-20-25-26-23(30-3)28(20)19-14-9-10-15-19/h6-8,12-13,19,21H,4-5,9-11,14-17H2,1-3H3,(H,24,29). The molecule has 1 aromatic heterocycles. The van der Waals surface area contributed by atoms with Gasteiger partial charge < -0.3 is 9.88 Å². The summed E-state index contributed by atoms with van der Waals surface area (Å²) in [4.78, 5) is 15.3. The van der Waals surface area contributed by atoms with Crippen molar-refractivity contribution in [1.82, 2.24) is 25.0 Å². The van der Waals surface area contributed by atoms with Crippen molar-refractivity contribution in [3.8, 4) is 0 Å². The number of hydrogen-bond acceptors (Lipinski definition) is 5. The van der Waals surface area contributed by atoms with Crippen LogP contribution in [0, 0.1) is 0 Å². The van der Waals surface area contributed by atoms with E-state index in [1.807, 2.05) is 30.3 Å². The molecule has 0 radical (unpaired) electrons. The summed E-state index contributed by atoms with van der Waals surface area (Å²) in [5, 5.41) is 13.0. The predicted octanol–water partition coefficient (Wildman–Crippen LogP) is 4.25. The van der Waals surface area contributed by atoms with Gasteiger partial charge in [0.2, 0.25) is 5.91 Å². The van der Waals surface area contributed by atoms with Crippen LogP contribution in [0.15, 0.2) is 35.5 Å². The second kappa shape index (κ2) is 11.5. The molecule has 1 unspecified atom stereocenters. The molecule has 0 aliphatic heterocycles. The van der Waals surface area contributed by atoms with E-state index in [2.05, 4.69) is 45.1 Å². The summed E-state index contributed by atoms with van der Waals surface area (Å²) in [5.41, 5.74) is 1.05. The molecule has 1 fully saturated rings. The van der Waals surface area contributed by atoms with Crippen molar-refractivity contribution in [3.63, 3.8) is 0 Å². The van der Waals surface area contributed by atoms with Gasteiger partial charge in [0.25, 0.3) is 0 Å². The van der Waals surface area contributed by atoms with Crippen LogP contribution in [0.5, 0.6) is 0 Å². The Morgan fingerprint density at radius 3 is 2.53 bits per heavy atom. The average Bonchev–Trinajstić information content (AvgIpc) is 3.44. The molecule has 1 aliphatic rings. The number of rotatable bonds is 11. The minimum Gasteiger partial charge on any atom is -0.354 e. The highest BCUT2D eigenvalue weighted by atomic mass is 32.2. The Labute approximate surface area is 184 Å². The van der Waals surface area contributed by atoms with E-state index in [0.717, 1.165) is 42.5 Å². The van der Waals surface area contributed by atoms with E-state index in [9.17, 15) is 4.79 Å². The Kier molecular flexibility index (Phi) is 8.75. The smallest absolute Gasteiger partial charge is 0.241 e. The predicted molar refractivity (Wildman–Crippen MR) is 123 cm³/mol. The van der Waals surface area contributed by atoms with Crippen molar-refractivity contribution >= 4 is 17.7 Å². The zero-order valence-corrected chi connectivity index (χ0v) is 19.3. The molecule has 6 nitrogen and oxygen atoms in total. The molecule has 0 bridgehead atoms. The SMILES string of the molecule is CCN(CC)C(C(=O)NCCCc1nnc(SC)n1C1CCCC1)c1ccccc1. The molecule has 1 atom stereocenters. The van der Waals surface area contributed by atoms with Crippen LogP contribution >= 0.6 is 11.8 Å². The quantitative estimate of drug-likeness (QED) is 0.427. The number of nitrogens with zero attached hydrogens (tertiary/aromatic N) is 4. The van der Waals surface area contributed by atoms with Crippen LogP contribution in [-0.2, 0) is 11.2 Å². The maximum absolute atomic E-state index is 13.1. The molecule has 1 saturated carbocycles. The van der Waals surface area contributed by atoms with E-state index >= 15 is 0 Å². The first kappa shape index (κ1) is 22.8. The van der Waals surface area contributed by atoms with Crippen molar-refractivity contribution in [2.24, 2.45) is 0 Å². The molecule has 1 aliphatic carbocycles. The Morgan fingerprint density at radius 2 is 1.90 bits per heavy atom. The van der Waals surface area contributed by atoms with E-state index in [1.165, 1.54) is 25.7 Å². The van der Waals surface area contributed by atoms with Crippen LogP contribution in [0.2, 0.25) is 0 Å². The number of benzene rings is 1. The third-order valence-corrected chi connectivity index (χ3v) is 6.67. The van der Waals surface area contributed by atoms with Gasteiger partial charge in [-0.05, 0) is 44.2 Å². The lowest BCUT2D eigenvalue weighted by Crippen LogP contribution is -2.41. The molecule has 30 heavy (non-hydrogen) atoms. The summed E-state index contributed by atoms with van der Waals surface area (Å²) in [6, 6.07) is 10.4. The number of hydrogen-bond donors (Lipinski definition) is 1. The summed E-state index contributed by atoms with van der Waals surface area (Å²) < 4.78 is 2.35. The normalized spacial score (nSPS) is 15.6. The molecule has 3 rings (SSSR count). The lowest BCUT2D eigenvalue weighted by Gasteiger charge is -2.29. The third-order valence-electron chi connectivity index (χ3n) is 6.03. The molecule has 1 amide bonds. The van der Waals surface area contributed by atoms with Gasteiger partial charge in [0, 0.05) is 19.0 Å². The molecule has 7 heteroatoms. The summed E-state index contributed by atoms with van der Waals surface area (Å²) in [7, 11) is 0. The minimum absolute atomic E-state index is 0.0759. The molecule has 1 heterocycles. The van der Waals surface area contributed by atoms with Crippen molar-refractivity contribution < 1.29 is 4.79 Å². The summed E-state index contributed by atoms with van der Waals surface area (Å²) in [6.07, 6.45) is 8.79. The van der Waals surface area contributed by atoms with Crippen molar-refractivity contribution in [1.29, 1.82) is 0 Å². The first-order chi connectivity index (χ1) is 14.7. The van der Waals surface area contributed by atoms with Gasteiger partial charge in [0.15, 0.2) is 5.16 Å². The van der Waals surface area contributed by atoms with Gasteiger partial charge in [0.1, 0.15) is 11.9 Å². The van der Waals surface area contributed by atoms with E-state index in [4.69, 9.17) is 0 Å². The number of aryl methyl sites for hydroxylation is 1. The third kappa shape index (κ3) is 5.43. The highest BCUT2D eigenvalue weighted by molar-refractivity contribution is 7.98. The summed E-state index contributed by atoms with van der Waals surface area (Å²) in [5.74, 6) is 1.14. The minimum atomic E-state index is -0.244. The second-order valence-corrected chi connectivity index (χ2v) is 8.61. The Hall–Kier alpha value is -1.86. The van der Waals surface area contributed by atoms with Crippen LogP contribution < -0.4 is 5.32 Å². The zero-order valence-electron chi connectivity index (χ0n) is 18.5. The monoisotopic (exact) mass is 429 g/mol. The number of carbonyl (C=O) groups is 1. The lowest BCUT2D eigenvalue weighted by atomic mass is 10.0. The average molecular weight is 430 g/mol. The number of amides is 1.